The van der Waals surface area contributed by atoms with Crippen LogP contribution in [-0.2, 0) is 0 Å². The largest absolute Gasteiger partial charge is 0.508 e. The van der Waals surface area contributed by atoms with Crippen LogP contribution in [0.2, 0.25) is 0 Å². The molecular weight excluding hydrogens is 304 g/mol. The Morgan fingerprint density at radius 3 is 2.39 bits per heavy atom. The number of methoxy groups -OCH3 is 1. The van der Waals surface area contributed by atoms with Gasteiger partial charge in [0, 0.05) is 6.07 Å². The third-order valence-corrected chi connectivity index (χ3v) is 3.68. The SMILES string of the molecule is COc1c(O)cc2c(c1O)C(=O)C(O)[C@@H](c1ccc(O)cc1)O2. The van der Waals surface area contributed by atoms with Crippen LogP contribution in [-0.4, -0.2) is 39.4 Å². The fourth-order valence-corrected chi connectivity index (χ4v) is 2.55. The number of hydrogen-bond donors (Lipinski definition) is 4. The molecule has 1 aliphatic heterocycles. The lowest BCUT2D eigenvalue weighted by atomic mass is 9.92. The number of ether oxygens (including phenoxy) is 2. The number of phenolic OH excluding ortho intramolecular Hbond substituents is 3. The van der Waals surface area contributed by atoms with E-state index in [2.05, 4.69) is 0 Å². The van der Waals surface area contributed by atoms with Gasteiger partial charge in [0.05, 0.1) is 7.11 Å². The third-order valence-electron chi connectivity index (χ3n) is 3.68. The summed E-state index contributed by atoms with van der Waals surface area (Å²) in [7, 11) is 1.23. The first-order valence-electron chi connectivity index (χ1n) is 6.74. The molecule has 7 heteroatoms. The van der Waals surface area contributed by atoms with Crippen molar-refractivity contribution in [3.63, 3.8) is 0 Å². The molecule has 2 aromatic carbocycles. The average molecular weight is 318 g/mol. The quantitative estimate of drug-likeness (QED) is 0.663. The topological polar surface area (TPSA) is 116 Å². The molecule has 0 amide bonds. The molecule has 2 atom stereocenters. The zero-order chi connectivity index (χ0) is 16.7. The number of Topliss-reactive ketones (excluding diaryl/α,β-unsaturated/α-hetero) is 1. The monoisotopic (exact) mass is 318 g/mol. The number of aromatic hydroxyl groups is 3. The van der Waals surface area contributed by atoms with E-state index in [0.29, 0.717) is 5.56 Å². The summed E-state index contributed by atoms with van der Waals surface area (Å²) >= 11 is 0. The Hall–Kier alpha value is -2.93. The minimum atomic E-state index is -1.55. The molecular formula is C16H14O7. The number of aliphatic hydroxyl groups excluding tert-OH is 1. The van der Waals surface area contributed by atoms with E-state index in [1.165, 1.54) is 31.4 Å². The van der Waals surface area contributed by atoms with Crippen molar-refractivity contribution in [2.75, 3.05) is 7.11 Å². The van der Waals surface area contributed by atoms with Crippen molar-refractivity contribution in [1.82, 2.24) is 0 Å². The van der Waals surface area contributed by atoms with Gasteiger partial charge in [0.25, 0.3) is 0 Å². The van der Waals surface area contributed by atoms with Gasteiger partial charge in [-0.3, -0.25) is 4.79 Å². The maximum Gasteiger partial charge on any atom is 0.203 e. The van der Waals surface area contributed by atoms with E-state index in [9.17, 15) is 25.2 Å². The predicted octanol–water partition coefficient (Wildman–Crippen LogP) is 1.49. The van der Waals surface area contributed by atoms with Gasteiger partial charge < -0.3 is 29.9 Å². The lowest BCUT2D eigenvalue weighted by Crippen LogP contribution is -2.36. The maximum absolute atomic E-state index is 12.4. The lowest BCUT2D eigenvalue weighted by Gasteiger charge is -2.30. The number of ketones is 1. The van der Waals surface area contributed by atoms with E-state index in [1.807, 2.05) is 0 Å². The number of hydrogen-bond acceptors (Lipinski definition) is 7. The normalized spacial score (nSPS) is 19.8. The number of fused-ring (bicyclic) bond motifs is 1. The summed E-state index contributed by atoms with van der Waals surface area (Å²) in [4.78, 5) is 12.4. The van der Waals surface area contributed by atoms with E-state index >= 15 is 0 Å². The summed E-state index contributed by atoms with van der Waals surface area (Å²) in [6.45, 7) is 0. The summed E-state index contributed by atoms with van der Waals surface area (Å²) in [6.07, 6.45) is -2.57. The first-order valence-corrected chi connectivity index (χ1v) is 6.74. The van der Waals surface area contributed by atoms with Crippen LogP contribution >= 0.6 is 0 Å². The van der Waals surface area contributed by atoms with Crippen LogP contribution in [0.3, 0.4) is 0 Å². The Morgan fingerprint density at radius 2 is 1.78 bits per heavy atom. The summed E-state index contributed by atoms with van der Waals surface area (Å²) in [5.74, 6) is -2.02. The Balaban J connectivity index is 2.09. The number of carbonyl (C=O) groups excluding carboxylic acids is 1. The zero-order valence-corrected chi connectivity index (χ0v) is 12.1. The average Bonchev–Trinajstić information content (AvgIpc) is 2.52. The number of carbonyl (C=O) groups is 1. The van der Waals surface area contributed by atoms with Gasteiger partial charge in [0.15, 0.2) is 23.7 Å². The van der Waals surface area contributed by atoms with E-state index < -0.39 is 29.5 Å². The molecule has 7 nitrogen and oxygen atoms in total. The van der Waals surface area contributed by atoms with Crippen molar-refractivity contribution in [3.05, 3.63) is 41.5 Å². The van der Waals surface area contributed by atoms with Crippen LogP contribution < -0.4 is 9.47 Å². The van der Waals surface area contributed by atoms with Crippen LogP contribution in [0.4, 0.5) is 0 Å². The Kier molecular flexibility index (Phi) is 3.49. The van der Waals surface area contributed by atoms with Gasteiger partial charge in [0.1, 0.15) is 17.1 Å². The van der Waals surface area contributed by atoms with E-state index in [0.717, 1.165) is 6.07 Å². The van der Waals surface area contributed by atoms with Gasteiger partial charge in [-0.1, -0.05) is 12.1 Å². The van der Waals surface area contributed by atoms with Crippen LogP contribution in [0, 0.1) is 0 Å². The van der Waals surface area contributed by atoms with Gasteiger partial charge in [-0.2, -0.15) is 0 Å². The highest BCUT2D eigenvalue weighted by Gasteiger charge is 2.40. The first-order chi connectivity index (χ1) is 10.9. The van der Waals surface area contributed by atoms with Crippen molar-refractivity contribution in [2.45, 2.75) is 12.2 Å². The smallest absolute Gasteiger partial charge is 0.203 e. The summed E-state index contributed by atoms with van der Waals surface area (Å²) in [6, 6.07) is 6.95. The highest BCUT2D eigenvalue weighted by Crippen LogP contribution is 2.48. The van der Waals surface area contributed by atoms with Crippen LogP contribution in [0.1, 0.15) is 22.0 Å². The minimum absolute atomic E-state index is 0.0331. The molecule has 1 heterocycles. The third kappa shape index (κ3) is 2.31. The number of benzene rings is 2. The fourth-order valence-electron chi connectivity index (χ4n) is 2.55. The molecule has 120 valence electrons. The van der Waals surface area contributed by atoms with Crippen molar-refractivity contribution < 1.29 is 34.7 Å². The molecule has 0 bridgehead atoms. The molecule has 0 aromatic heterocycles. The van der Waals surface area contributed by atoms with Crippen molar-refractivity contribution in [3.8, 4) is 28.7 Å². The Bertz CT molecular complexity index is 767. The van der Waals surface area contributed by atoms with Crippen molar-refractivity contribution in [1.29, 1.82) is 0 Å². The fraction of sp³-hybridized carbons (Fsp3) is 0.188. The zero-order valence-electron chi connectivity index (χ0n) is 12.1. The molecule has 0 aliphatic carbocycles. The number of phenols is 3. The predicted molar refractivity (Wildman–Crippen MR) is 78.1 cm³/mol. The van der Waals surface area contributed by atoms with Gasteiger partial charge in [-0.25, -0.2) is 0 Å². The second-order valence-electron chi connectivity index (χ2n) is 5.09. The molecule has 1 unspecified atom stereocenters. The second kappa shape index (κ2) is 5.36. The van der Waals surface area contributed by atoms with Gasteiger partial charge in [-0.15, -0.1) is 0 Å². The second-order valence-corrected chi connectivity index (χ2v) is 5.09. The van der Waals surface area contributed by atoms with Crippen LogP contribution in [0.5, 0.6) is 28.7 Å². The Labute approximate surface area is 131 Å². The summed E-state index contributed by atoms with van der Waals surface area (Å²) < 4.78 is 10.4. The van der Waals surface area contributed by atoms with Gasteiger partial charge >= 0.3 is 0 Å². The van der Waals surface area contributed by atoms with E-state index in [4.69, 9.17) is 9.47 Å². The lowest BCUT2D eigenvalue weighted by molar-refractivity contribution is 0.0209. The maximum atomic E-state index is 12.4. The van der Waals surface area contributed by atoms with Crippen molar-refractivity contribution in [2.24, 2.45) is 0 Å². The molecule has 0 radical (unpaired) electrons. The Morgan fingerprint density at radius 1 is 1.13 bits per heavy atom. The molecule has 1 aliphatic rings. The summed E-state index contributed by atoms with van der Waals surface area (Å²) in [5.41, 5.74) is 0.214. The molecule has 3 rings (SSSR count). The standard InChI is InChI=1S/C16H14O7/c1-22-16-9(18)6-10-11(13(16)20)12(19)14(21)15(23-10)7-2-4-8(17)5-3-7/h2-6,14-15,17-18,20-21H,1H3/t14?,15-/m1/s1. The molecule has 23 heavy (non-hydrogen) atoms. The molecule has 0 spiro atoms. The van der Waals surface area contributed by atoms with Crippen LogP contribution in [0.15, 0.2) is 30.3 Å². The molecule has 0 saturated carbocycles. The van der Waals surface area contributed by atoms with Gasteiger partial charge in [0.2, 0.25) is 11.5 Å². The molecule has 2 aromatic rings. The van der Waals surface area contributed by atoms with Gasteiger partial charge in [-0.05, 0) is 17.7 Å². The summed E-state index contributed by atoms with van der Waals surface area (Å²) in [5, 5.41) is 39.4. The first kappa shape index (κ1) is 15.0. The number of rotatable bonds is 2. The molecule has 4 N–H and O–H groups in total. The van der Waals surface area contributed by atoms with E-state index in [1.54, 1.807) is 0 Å². The number of aliphatic hydroxyl groups is 1. The highest BCUT2D eigenvalue weighted by atomic mass is 16.5. The van der Waals surface area contributed by atoms with E-state index in [-0.39, 0.29) is 22.8 Å². The highest BCUT2D eigenvalue weighted by molar-refractivity contribution is 6.06. The molecule has 0 saturated heterocycles. The minimum Gasteiger partial charge on any atom is -0.508 e. The van der Waals surface area contributed by atoms with Crippen LogP contribution in [0.25, 0.3) is 0 Å². The van der Waals surface area contributed by atoms with Crippen molar-refractivity contribution >= 4 is 5.78 Å². The molecule has 0 fully saturated rings.